The molecule has 11 nitrogen and oxygen atoms in total. The van der Waals surface area contributed by atoms with E-state index in [9.17, 15) is 9.90 Å². The number of nitrogens with one attached hydrogen (secondary N) is 1. The molecular formula is C19H23N7O4. The number of ether oxygens (including phenoxy) is 1. The van der Waals surface area contributed by atoms with Crippen molar-refractivity contribution in [1.82, 2.24) is 19.7 Å². The van der Waals surface area contributed by atoms with Gasteiger partial charge in [0.2, 0.25) is 5.65 Å². The fourth-order valence-corrected chi connectivity index (χ4v) is 3.76. The van der Waals surface area contributed by atoms with Crippen molar-refractivity contribution in [3.63, 3.8) is 0 Å². The zero-order valence-corrected chi connectivity index (χ0v) is 16.6. The molecule has 158 valence electrons. The number of aryl methyl sites for hydroxylation is 1. The Balaban J connectivity index is 1.52. The summed E-state index contributed by atoms with van der Waals surface area (Å²) < 4.78 is 12.9. The summed E-state index contributed by atoms with van der Waals surface area (Å²) in [6.07, 6.45) is 3.47. The zero-order chi connectivity index (χ0) is 20.7. The molecule has 0 spiro atoms. The van der Waals surface area contributed by atoms with Gasteiger partial charge >= 0.3 is 0 Å². The monoisotopic (exact) mass is 413 g/mol. The van der Waals surface area contributed by atoms with Gasteiger partial charge in [-0.15, -0.1) is 0 Å². The van der Waals surface area contributed by atoms with E-state index < -0.39 is 6.10 Å². The van der Waals surface area contributed by atoms with Gasteiger partial charge in [0.05, 0.1) is 36.8 Å². The number of amides is 1. The second-order valence-electron chi connectivity index (χ2n) is 7.52. The first kappa shape index (κ1) is 18.8. The van der Waals surface area contributed by atoms with Crippen molar-refractivity contribution >= 4 is 34.7 Å². The van der Waals surface area contributed by atoms with Gasteiger partial charge in [-0.25, -0.2) is 4.98 Å². The van der Waals surface area contributed by atoms with Gasteiger partial charge in [-0.1, -0.05) is 0 Å². The Hall–Kier alpha value is -3.18. The molecular weight excluding hydrogens is 390 g/mol. The standard InChI is InChI=1S/C19H23N7O4/c1-24-10-12(9-20-24)21-18(28)14-8-15-16(22-17(14)26-3-2-13(27)11-26)23-19(30-15)25-4-6-29-7-5-25/h8-10,13,27H,2-7,11H2,1H3,(H,21,28). The Morgan fingerprint density at radius 3 is 2.77 bits per heavy atom. The third kappa shape index (κ3) is 3.57. The minimum absolute atomic E-state index is 0.321. The summed E-state index contributed by atoms with van der Waals surface area (Å²) in [4.78, 5) is 26.2. The van der Waals surface area contributed by atoms with Crippen LogP contribution in [0.5, 0.6) is 0 Å². The van der Waals surface area contributed by atoms with E-state index in [4.69, 9.17) is 9.15 Å². The van der Waals surface area contributed by atoms with Gasteiger partial charge in [-0.2, -0.15) is 10.1 Å². The molecule has 2 fully saturated rings. The van der Waals surface area contributed by atoms with Gasteiger partial charge in [-0.3, -0.25) is 9.48 Å². The van der Waals surface area contributed by atoms with Gasteiger partial charge in [0, 0.05) is 45.5 Å². The van der Waals surface area contributed by atoms with Crippen molar-refractivity contribution in [2.24, 2.45) is 7.05 Å². The Bertz CT molecular complexity index is 1070. The highest BCUT2D eigenvalue weighted by atomic mass is 16.5. The summed E-state index contributed by atoms with van der Waals surface area (Å²) in [6.45, 7) is 3.63. The molecule has 0 bridgehead atoms. The average Bonchev–Trinajstić information content (AvgIpc) is 3.47. The number of hydrogen-bond donors (Lipinski definition) is 2. The zero-order valence-electron chi connectivity index (χ0n) is 16.6. The first-order valence-corrected chi connectivity index (χ1v) is 9.94. The normalized spacial score (nSPS) is 19.6. The number of β-amino-alcohol motifs (C(OH)–C–C–N with tert-alkyl or cyclic N) is 1. The number of rotatable bonds is 4. The predicted octanol–water partition coefficient (Wildman–Crippen LogP) is 0.616. The van der Waals surface area contributed by atoms with E-state index >= 15 is 0 Å². The lowest BCUT2D eigenvalue weighted by Gasteiger charge is -2.24. The number of pyridine rings is 1. The number of aliphatic hydroxyl groups excluding tert-OH is 1. The number of nitrogens with zero attached hydrogens (tertiary/aromatic N) is 6. The summed E-state index contributed by atoms with van der Waals surface area (Å²) in [5.74, 6) is 0.167. The molecule has 0 aromatic carbocycles. The first-order valence-electron chi connectivity index (χ1n) is 9.94. The Morgan fingerprint density at radius 1 is 1.23 bits per heavy atom. The van der Waals surface area contributed by atoms with Crippen molar-refractivity contribution in [2.75, 3.05) is 54.5 Å². The number of carbonyl (C=O) groups is 1. The van der Waals surface area contributed by atoms with Crippen LogP contribution in [0.25, 0.3) is 11.2 Å². The molecule has 0 saturated carbocycles. The van der Waals surface area contributed by atoms with E-state index in [1.165, 1.54) is 0 Å². The van der Waals surface area contributed by atoms with Crippen LogP contribution in [0.1, 0.15) is 16.8 Å². The Kier molecular flexibility index (Phi) is 4.75. The number of carbonyl (C=O) groups excluding carboxylic acids is 1. The quantitative estimate of drug-likeness (QED) is 0.634. The number of fused-ring (bicyclic) bond motifs is 1. The Morgan fingerprint density at radius 2 is 2.07 bits per heavy atom. The topological polar surface area (TPSA) is 122 Å². The van der Waals surface area contributed by atoms with Crippen LogP contribution in [0, 0.1) is 0 Å². The molecule has 1 atom stereocenters. The number of hydrogen-bond acceptors (Lipinski definition) is 9. The summed E-state index contributed by atoms with van der Waals surface area (Å²) >= 11 is 0. The molecule has 0 aliphatic carbocycles. The highest BCUT2D eigenvalue weighted by Crippen LogP contribution is 2.30. The lowest BCUT2D eigenvalue weighted by atomic mass is 10.2. The van der Waals surface area contributed by atoms with E-state index in [2.05, 4.69) is 20.4 Å². The number of aliphatic hydroxyl groups is 1. The van der Waals surface area contributed by atoms with Crippen LogP contribution in [0.15, 0.2) is 22.9 Å². The smallest absolute Gasteiger partial charge is 0.300 e. The van der Waals surface area contributed by atoms with Crippen LogP contribution in [0.3, 0.4) is 0 Å². The number of anilines is 3. The van der Waals surface area contributed by atoms with Crippen LogP contribution in [-0.4, -0.2) is 76.3 Å². The molecule has 3 aromatic heterocycles. The second kappa shape index (κ2) is 7.58. The molecule has 2 aliphatic rings. The van der Waals surface area contributed by atoms with Crippen molar-refractivity contribution < 1.29 is 19.1 Å². The predicted molar refractivity (Wildman–Crippen MR) is 109 cm³/mol. The van der Waals surface area contributed by atoms with Crippen LogP contribution in [-0.2, 0) is 11.8 Å². The van der Waals surface area contributed by atoms with E-state index in [1.807, 2.05) is 9.80 Å². The maximum Gasteiger partial charge on any atom is 0.300 e. The molecule has 5 heterocycles. The summed E-state index contributed by atoms with van der Waals surface area (Å²) in [7, 11) is 1.78. The molecule has 0 radical (unpaired) electrons. The number of oxazole rings is 1. The van der Waals surface area contributed by atoms with Gasteiger partial charge < -0.3 is 29.4 Å². The van der Waals surface area contributed by atoms with E-state index in [0.717, 1.165) is 0 Å². The number of morpholine rings is 1. The fraction of sp³-hybridized carbons (Fsp3) is 0.474. The molecule has 2 aliphatic heterocycles. The van der Waals surface area contributed by atoms with Crippen molar-refractivity contribution in [3.8, 4) is 0 Å². The lowest BCUT2D eigenvalue weighted by Crippen LogP contribution is -2.36. The van der Waals surface area contributed by atoms with E-state index in [0.29, 0.717) is 80.1 Å². The second-order valence-corrected chi connectivity index (χ2v) is 7.52. The molecule has 5 rings (SSSR count). The first-order chi connectivity index (χ1) is 14.6. The molecule has 2 N–H and O–H groups in total. The Labute approximate surface area is 172 Å². The maximum atomic E-state index is 13.1. The summed E-state index contributed by atoms with van der Waals surface area (Å²) in [5, 5.41) is 16.9. The number of aromatic nitrogens is 4. The van der Waals surface area contributed by atoms with Crippen molar-refractivity contribution in [2.45, 2.75) is 12.5 Å². The van der Waals surface area contributed by atoms with Gasteiger partial charge in [0.1, 0.15) is 5.82 Å². The molecule has 2 saturated heterocycles. The highest BCUT2D eigenvalue weighted by molar-refractivity contribution is 6.09. The third-order valence-electron chi connectivity index (χ3n) is 5.30. The molecule has 30 heavy (non-hydrogen) atoms. The molecule has 1 unspecified atom stereocenters. The fourth-order valence-electron chi connectivity index (χ4n) is 3.76. The molecule has 1 amide bonds. The third-order valence-corrected chi connectivity index (χ3v) is 5.30. The van der Waals surface area contributed by atoms with Crippen LogP contribution >= 0.6 is 0 Å². The average molecular weight is 413 g/mol. The van der Waals surface area contributed by atoms with Gasteiger partial charge in [0.25, 0.3) is 11.9 Å². The summed E-state index contributed by atoms with van der Waals surface area (Å²) in [6, 6.07) is 2.14. The van der Waals surface area contributed by atoms with Crippen molar-refractivity contribution in [1.29, 1.82) is 0 Å². The maximum absolute atomic E-state index is 13.1. The SMILES string of the molecule is Cn1cc(NC(=O)c2cc3oc(N4CCOCC4)nc3nc2N2CCC(O)C2)cn1. The van der Waals surface area contributed by atoms with Crippen molar-refractivity contribution in [3.05, 3.63) is 24.0 Å². The highest BCUT2D eigenvalue weighted by Gasteiger charge is 2.28. The minimum atomic E-state index is -0.446. The lowest BCUT2D eigenvalue weighted by molar-refractivity contribution is 0.102. The van der Waals surface area contributed by atoms with Crippen LogP contribution < -0.4 is 15.1 Å². The van der Waals surface area contributed by atoms with Gasteiger partial charge in [-0.05, 0) is 6.42 Å². The molecule has 3 aromatic rings. The van der Waals surface area contributed by atoms with Crippen LogP contribution in [0.4, 0.5) is 17.5 Å². The van der Waals surface area contributed by atoms with Gasteiger partial charge in [0.15, 0.2) is 5.58 Å². The largest absolute Gasteiger partial charge is 0.422 e. The molecule has 11 heteroatoms. The van der Waals surface area contributed by atoms with Crippen LogP contribution in [0.2, 0.25) is 0 Å². The van der Waals surface area contributed by atoms with E-state index in [-0.39, 0.29) is 5.91 Å². The summed E-state index contributed by atoms with van der Waals surface area (Å²) in [5.41, 5.74) is 1.83. The van der Waals surface area contributed by atoms with E-state index in [1.54, 1.807) is 30.2 Å². The minimum Gasteiger partial charge on any atom is -0.422 e.